The van der Waals surface area contributed by atoms with Gasteiger partial charge in [0.25, 0.3) is 0 Å². The van der Waals surface area contributed by atoms with Gasteiger partial charge < -0.3 is 19.7 Å². The number of carbonyl (C=O) groups is 2. The maximum atomic E-state index is 11.7. The summed E-state index contributed by atoms with van der Waals surface area (Å²) in [5.74, 6) is -1.08. The topological polar surface area (TPSA) is 93.1 Å². The van der Waals surface area contributed by atoms with Crippen LogP contribution in [-0.4, -0.2) is 47.1 Å². The number of ether oxygens (including phenoxy) is 2. The van der Waals surface area contributed by atoms with Gasteiger partial charge in [0.1, 0.15) is 12.2 Å². The van der Waals surface area contributed by atoms with Gasteiger partial charge in [-0.25, -0.2) is 0 Å². The molecule has 0 unspecified atom stereocenters. The fourth-order valence-corrected chi connectivity index (χ4v) is 4.86. The van der Waals surface area contributed by atoms with Gasteiger partial charge in [-0.2, -0.15) is 0 Å². The molecule has 0 aliphatic heterocycles. The van der Waals surface area contributed by atoms with Gasteiger partial charge in [-0.3, -0.25) is 9.59 Å². The Hall–Kier alpha value is -1.40. The average Bonchev–Trinajstić information content (AvgIpc) is 2.50. The molecule has 6 nitrogen and oxygen atoms in total. The number of aliphatic hydroxyl groups is 2. The van der Waals surface area contributed by atoms with Crippen LogP contribution in [0.15, 0.2) is 12.2 Å². The molecule has 2 N–H and O–H groups in total. The van der Waals surface area contributed by atoms with E-state index in [9.17, 15) is 19.8 Å². The van der Waals surface area contributed by atoms with Crippen molar-refractivity contribution in [2.75, 3.05) is 6.61 Å². The minimum atomic E-state index is -0.817. The summed E-state index contributed by atoms with van der Waals surface area (Å²) in [5, 5.41) is 20.1. The van der Waals surface area contributed by atoms with Crippen LogP contribution in [0.4, 0.5) is 0 Å². The van der Waals surface area contributed by atoms with Crippen LogP contribution in [0.25, 0.3) is 0 Å². The molecule has 0 aromatic carbocycles. The van der Waals surface area contributed by atoms with Crippen molar-refractivity contribution in [1.82, 2.24) is 0 Å². The van der Waals surface area contributed by atoms with Gasteiger partial charge in [-0.1, -0.05) is 26.0 Å². The molecule has 6 heteroatoms. The molecule has 0 aromatic rings. The summed E-state index contributed by atoms with van der Waals surface area (Å²) in [5.41, 5.74) is 0.242. The highest BCUT2D eigenvalue weighted by Crippen LogP contribution is 2.56. The summed E-state index contributed by atoms with van der Waals surface area (Å²) >= 11 is 0. The predicted molar refractivity (Wildman–Crippen MR) is 91.4 cm³/mol. The molecule has 142 valence electrons. The van der Waals surface area contributed by atoms with Gasteiger partial charge in [0, 0.05) is 37.7 Å². The van der Waals surface area contributed by atoms with Crippen molar-refractivity contribution in [3.8, 4) is 0 Å². The van der Waals surface area contributed by atoms with Crippen LogP contribution in [0, 0.1) is 23.2 Å². The molecule has 0 heterocycles. The second-order valence-electron chi connectivity index (χ2n) is 7.88. The zero-order chi connectivity index (χ0) is 18.9. The van der Waals surface area contributed by atoms with Crippen LogP contribution < -0.4 is 0 Å². The third-order valence-corrected chi connectivity index (χ3v) is 6.00. The van der Waals surface area contributed by atoms with Crippen molar-refractivity contribution in [2.24, 2.45) is 23.2 Å². The fraction of sp³-hybridized carbons (Fsp3) is 0.789. The lowest BCUT2D eigenvalue weighted by atomic mass is 9.52. The summed E-state index contributed by atoms with van der Waals surface area (Å²) in [4.78, 5) is 23.3. The van der Waals surface area contributed by atoms with E-state index in [-0.39, 0.29) is 30.3 Å². The Morgan fingerprint density at radius 3 is 2.44 bits per heavy atom. The molecule has 2 aliphatic carbocycles. The third-order valence-electron chi connectivity index (χ3n) is 6.00. The number of aliphatic hydroxyl groups excluding tert-OH is 2. The van der Waals surface area contributed by atoms with E-state index in [2.05, 4.69) is 6.58 Å². The van der Waals surface area contributed by atoms with Crippen molar-refractivity contribution in [3.05, 3.63) is 12.2 Å². The van der Waals surface area contributed by atoms with Crippen molar-refractivity contribution >= 4 is 11.9 Å². The molecule has 0 spiro atoms. The Bertz CT molecular complexity index is 544. The molecule has 0 amide bonds. The Balaban J connectivity index is 2.44. The number of rotatable bonds is 4. The number of hydrogen-bond acceptors (Lipinski definition) is 6. The van der Waals surface area contributed by atoms with Crippen LogP contribution in [0.1, 0.15) is 47.0 Å². The van der Waals surface area contributed by atoms with Crippen molar-refractivity contribution < 1.29 is 29.3 Å². The molecule has 2 rings (SSSR count). The number of fused-ring (bicyclic) bond motifs is 1. The summed E-state index contributed by atoms with van der Waals surface area (Å²) in [6.45, 7) is 10.7. The van der Waals surface area contributed by atoms with Crippen LogP contribution in [-0.2, 0) is 19.1 Å². The van der Waals surface area contributed by atoms with Crippen molar-refractivity contribution in [3.63, 3.8) is 0 Å². The van der Waals surface area contributed by atoms with E-state index in [1.54, 1.807) is 0 Å². The smallest absolute Gasteiger partial charge is 0.303 e. The second-order valence-corrected chi connectivity index (χ2v) is 7.88. The van der Waals surface area contributed by atoms with Crippen LogP contribution in [0.3, 0.4) is 0 Å². The first-order chi connectivity index (χ1) is 11.6. The number of carbonyl (C=O) groups excluding carboxylic acids is 2. The van der Waals surface area contributed by atoms with Gasteiger partial charge in [0.15, 0.2) is 0 Å². The zero-order valence-corrected chi connectivity index (χ0v) is 15.5. The average molecular weight is 354 g/mol. The van der Waals surface area contributed by atoms with Gasteiger partial charge in [-0.15, -0.1) is 0 Å². The first kappa shape index (κ1) is 19.9. The highest BCUT2D eigenvalue weighted by atomic mass is 16.6. The Morgan fingerprint density at radius 1 is 1.32 bits per heavy atom. The monoisotopic (exact) mass is 354 g/mol. The standard InChI is InChI=1S/C19H30O6/c1-10-8-15(23)18(25-13(4)22)19(5)7-6-14(11(2)9-20)17(16(10)19)24-12(3)21/h11,14-18,20,23H,1,6-9H2,2-5H3/t11-,14+,15+,16-,17+,18-,19-/m1/s1. The molecule has 2 saturated carbocycles. The van der Waals surface area contributed by atoms with Gasteiger partial charge >= 0.3 is 11.9 Å². The van der Waals surface area contributed by atoms with Crippen molar-refractivity contribution in [1.29, 1.82) is 0 Å². The maximum absolute atomic E-state index is 11.7. The maximum Gasteiger partial charge on any atom is 0.303 e. The SMILES string of the molecule is C=C1C[C@H](O)[C@@H](OC(C)=O)[C@]2(C)CC[C@@H]([C@H](C)CO)[C@H](OC(C)=O)[C@@H]12. The first-order valence-electron chi connectivity index (χ1n) is 8.92. The van der Waals surface area contributed by atoms with E-state index in [4.69, 9.17) is 9.47 Å². The van der Waals surface area contributed by atoms with E-state index >= 15 is 0 Å². The van der Waals surface area contributed by atoms with E-state index in [0.717, 1.165) is 5.57 Å². The highest BCUT2D eigenvalue weighted by Gasteiger charge is 2.59. The Morgan fingerprint density at radius 2 is 1.92 bits per heavy atom. The van der Waals surface area contributed by atoms with E-state index in [0.29, 0.717) is 19.3 Å². The quantitative estimate of drug-likeness (QED) is 0.591. The molecular weight excluding hydrogens is 324 g/mol. The minimum absolute atomic E-state index is 0.00283. The lowest BCUT2D eigenvalue weighted by Gasteiger charge is -2.56. The summed E-state index contributed by atoms with van der Waals surface area (Å²) in [6.07, 6.45) is -0.220. The Kier molecular flexibility index (Phi) is 5.94. The molecule has 2 aliphatic rings. The van der Waals surface area contributed by atoms with Crippen LogP contribution in [0.2, 0.25) is 0 Å². The van der Waals surface area contributed by atoms with Gasteiger partial charge in [0.05, 0.1) is 6.10 Å². The van der Waals surface area contributed by atoms with Crippen molar-refractivity contribution in [2.45, 2.75) is 65.3 Å². The summed E-state index contributed by atoms with van der Waals surface area (Å²) in [6, 6.07) is 0. The fourth-order valence-electron chi connectivity index (χ4n) is 4.86. The third kappa shape index (κ3) is 3.75. The summed E-state index contributed by atoms with van der Waals surface area (Å²) < 4.78 is 11.2. The van der Waals surface area contributed by atoms with Gasteiger partial charge in [-0.05, 0) is 25.2 Å². The number of esters is 2. The molecule has 25 heavy (non-hydrogen) atoms. The predicted octanol–water partition coefficient (Wildman–Crippen LogP) is 1.83. The molecule has 0 aromatic heterocycles. The molecule has 0 radical (unpaired) electrons. The molecule has 0 bridgehead atoms. The highest BCUT2D eigenvalue weighted by molar-refractivity contribution is 5.67. The summed E-state index contributed by atoms with van der Waals surface area (Å²) in [7, 11) is 0. The zero-order valence-electron chi connectivity index (χ0n) is 15.5. The number of hydrogen-bond donors (Lipinski definition) is 2. The lowest BCUT2D eigenvalue weighted by Crippen LogP contribution is -2.60. The van der Waals surface area contributed by atoms with E-state index in [1.165, 1.54) is 13.8 Å². The largest absolute Gasteiger partial charge is 0.462 e. The molecular formula is C19H30O6. The molecule has 0 saturated heterocycles. The van der Waals surface area contributed by atoms with E-state index in [1.807, 2.05) is 13.8 Å². The normalized spacial score (nSPS) is 39.3. The Labute approximate surface area is 149 Å². The van der Waals surface area contributed by atoms with Gasteiger partial charge in [0.2, 0.25) is 0 Å². The minimum Gasteiger partial charge on any atom is -0.462 e. The van der Waals surface area contributed by atoms with Crippen LogP contribution in [0.5, 0.6) is 0 Å². The molecule has 2 fully saturated rings. The first-order valence-corrected chi connectivity index (χ1v) is 8.92. The van der Waals surface area contributed by atoms with Crippen LogP contribution >= 0.6 is 0 Å². The molecule has 7 atom stereocenters. The second kappa shape index (κ2) is 7.46. The lowest BCUT2D eigenvalue weighted by molar-refractivity contribution is -0.200. The van der Waals surface area contributed by atoms with E-state index < -0.39 is 29.7 Å².